The van der Waals surface area contributed by atoms with Crippen LogP contribution >= 0.6 is 0 Å². The molecule has 2 aromatic heterocycles. The molecule has 134 heavy (non-hydrogen) atoms. The van der Waals surface area contributed by atoms with Crippen LogP contribution < -0.4 is 31.1 Å². The van der Waals surface area contributed by atoms with Gasteiger partial charge in [-0.05, 0) is 107 Å². The predicted molar refractivity (Wildman–Crippen MR) is 505 cm³/mol. The van der Waals surface area contributed by atoms with E-state index in [9.17, 15) is 88.0 Å². The van der Waals surface area contributed by atoms with E-state index in [0.717, 1.165) is 75.4 Å². The monoisotopic (exact) mass is 1980 g/mol. The smallest absolute Gasteiger partial charge is 0.233 e. The van der Waals surface area contributed by atoms with Crippen molar-refractivity contribution in [3.8, 4) is 11.5 Å². The quantitative estimate of drug-likeness (QED) is 0.0160. The largest absolute Gasteiger partial charge is 0.744 e. The van der Waals surface area contributed by atoms with Crippen LogP contribution in [0.15, 0.2) is 183 Å². The summed E-state index contributed by atoms with van der Waals surface area (Å²) in [6, 6.07) is 25.9. The summed E-state index contributed by atoms with van der Waals surface area (Å²) in [5.41, 5.74) is -3.55. The van der Waals surface area contributed by atoms with Crippen molar-refractivity contribution < 1.29 is 124 Å². The molecule has 0 atom stereocenters. The molecule has 0 bridgehead atoms. The van der Waals surface area contributed by atoms with E-state index in [4.69, 9.17) is 9.47 Å². The maximum atomic E-state index is 13.1. The van der Waals surface area contributed by atoms with Crippen LogP contribution in [0.3, 0.4) is 0 Å². The van der Waals surface area contributed by atoms with Gasteiger partial charge in [-0.25, -0.2) is 50.5 Å². The van der Waals surface area contributed by atoms with Crippen molar-refractivity contribution in [1.29, 1.82) is 0 Å². The fourth-order valence-corrected chi connectivity index (χ4v) is 14.3. The number of benzene rings is 8. The van der Waals surface area contributed by atoms with Crippen molar-refractivity contribution >= 4 is 176 Å². The minimum Gasteiger partial charge on any atom is -0.744 e. The Bertz CT molecular complexity index is 6150. The molecule has 0 radical (unpaired) electrons. The molecule has 10 aromatic rings. The number of ether oxygens (including phenoxy) is 2. The highest BCUT2D eigenvalue weighted by atomic mass is 32.2. The first-order valence-electron chi connectivity index (χ1n) is 40.4. The van der Waals surface area contributed by atoms with Gasteiger partial charge in [-0.2, -0.15) is 40.1 Å². The number of azo groups is 2. The summed E-state index contributed by atoms with van der Waals surface area (Å²) in [4.78, 5) is 23.5. The van der Waals surface area contributed by atoms with Gasteiger partial charge in [0.05, 0.1) is 248 Å². The second-order valence-corrected chi connectivity index (χ2v) is 46.4. The number of nitrogens with zero attached hydrogens (tertiary/aromatic N) is 18. The van der Waals surface area contributed by atoms with E-state index in [1.165, 1.54) is 36.4 Å². The number of fused-ring (bicyclic) bond motifs is 2. The summed E-state index contributed by atoms with van der Waals surface area (Å²) in [6.45, 7) is 1.36. The van der Waals surface area contributed by atoms with Crippen molar-refractivity contribution in [3.63, 3.8) is 0 Å². The number of nitrogens with one attached hydrogen (secondary N) is 4. The summed E-state index contributed by atoms with van der Waals surface area (Å²) in [5.74, 6) is -4.09. The van der Waals surface area contributed by atoms with Gasteiger partial charge in [0, 0.05) is 48.3 Å². The van der Waals surface area contributed by atoms with Crippen LogP contribution in [0.1, 0.15) is 11.1 Å². The molecule has 2 fully saturated rings. The number of phenolic OH excluding ortho intramolecular Hbond substituents is 2. The molecule has 0 saturated carbocycles. The van der Waals surface area contributed by atoms with Gasteiger partial charge in [0.15, 0.2) is 11.5 Å². The molecule has 6 N–H and O–H groups in total. The molecule has 0 unspecified atom stereocenters. The molecule has 0 amide bonds. The Labute approximate surface area is 783 Å². The Balaban J connectivity index is 0.000000798. The summed E-state index contributed by atoms with van der Waals surface area (Å²) >= 11 is 0. The Hall–Kier alpha value is -11.2. The lowest BCUT2D eigenvalue weighted by Gasteiger charge is -2.27. The molecule has 2 saturated heterocycles. The molecular weight excluding hydrogens is 1860 g/mol. The molecule has 732 valence electrons. The standard InChI is InChI=1S/C60H52N16O22S6.6C4H12N/c77-53-49-35(27-47(103(91,92)93)51(53)73-71-37-7-3-1-4-8-37)25-41(99(79,80)81)31-43(49)63-57-65-55(67-59(69-57)75-17-21-97-22-18-75)61-39-15-13-33(45(29-39)101(85,86)87)11-12-34-14-16-40(30-46(34)102(88,89)90)62-56-66-58(70-60(68-56)76-19-23-98-24-20-76)64-44-32-42(100(82,83)84)26-36-28-48(104(94,95)96)52(54(78)50(36)44)74-72-38-9-5-2-6-10-38;6*1-5(2,3)4/h1-16,25-32,77-78H,17-24H2,(H,79,80,81)(H,82,83,84)(H,85,86,87)(H,88,89,90)(H,91,92,93)(H,94,95,96)(H2,61,63,65,67,69)(H2,62,64,66,68,70);6*1-4H3/q;6*+1/p-6/b12-11+,73-71?,74-72?;;;;;;. The molecule has 0 spiro atoms. The van der Waals surface area contributed by atoms with Crippen LogP contribution in [0, 0.1) is 0 Å². The Morgan fingerprint density at radius 3 is 0.843 bits per heavy atom. The molecule has 12 rings (SSSR count). The van der Waals surface area contributed by atoms with Crippen molar-refractivity contribution in [2.75, 3.05) is 253 Å². The Morgan fingerprint density at radius 2 is 0.590 bits per heavy atom. The van der Waals surface area contributed by atoms with Gasteiger partial charge < -0.3 is 105 Å². The maximum Gasteiger partial charge on any atom is 0.233 e. The topological polar surface area (TPSA) is 584 Å². The second-order valence-electron chi connectivity index (χ2n) is 38.3. The summed E-state index contributed by atoms with van der Waals surface area (Å²) in [7, 11) is 18.2. The average Bonchev–Trinajstić information content (AvgIpc) is 0.748. The minimum atomic E-state index is -5.51. The highest BCUT2D eigenvalue weighted by Gasteiger charge is 2.28. The molecule has 2 aliphatic heterocycles. The first-order valence-corrected chi connectivity index (χ1v) is 48.9. The SMILES string of the molecule is C[N+](C)(C)C.C[N+](C)(C)C.C[N+](C)(C)C.C[N+](C)(C)C.C[N+](C)(C)C.C[N+](C)(C)C.O=S(=O)([O-])c1cc(Nc2nc(Nc3ccc(/C=C/c4ccc(Nc5nc(Nc6cc(S(=O)(=O)[O-])cc7cc(S(=O)(=O)[O-])c(N=Nc8ccccc8)c(O)c67)nc(N6CCOCC6)n5)cc4S(=O)(=O)[O-])c(S(=O)(=O)[O-])c3)nc(N3CCOCC3)n2)c2c(O)c(N=Nc3ccccc3)c(S(=O)(=O)[O-])cc2c1. The van der Waals surface area contributed by atoms with Crippen LogP contribution in [-0.2, 0) is 70.2 Å². The number of hydrogen-bond donors (Lipinski definition) is 6. The van der Waals surface area contributed by atoms with Gasteiger partial charge in [0.1, 0.15) is 72.1 Å². The third kappa shape index (κ3) is 39.4. The third-order valence-corrected chi connectivity index (χ3v) is 20.4. The van der Waals surface area contributed by atoms with Crippen LogP contribution in [0.5, 0.6) is 11.5 Å². The van der Waals surface area contributed by atoms with Crippen molar-refractivity contribution in [2.45, 2.75) is 29.4 Å². The van der Waals surface area contributed by atoms with E-state index < -0.39 is 170 Å². The molecule has 8 aromatic carbocycles. The fraction of sp³-hybridized carbons (Fsp3) is 0.381. The van der Waals surface area contributed by atoms with Crippen molar-refractivity contribution in [2.24, 2.45) is 20.5 Å². The van der Waals surface area contributed by atoms with Crippen LogP contribution in [-0.4, -0.2) is 367 Å². The lowest BCUT2D eigenvalue weighted by molar-refractivity contribution is -0.849. The number of aromatic nitrogens is 6. The number of morpholine rings is 2. The van der Waals surface area contributed by atoms with Crippen molar-refractivity contribution in [3.05, 3.63) is 145 Å². The molecule has 4 heterocycles. The lowest BCUT2D eigenvalue weighted by Crippen LogP contribution is -2.37. The number of rotatable bonds is 22. The van der Waals surface area contributed by atoms with Crippen molar-refractivity contribution in [1.82, 2.24) is 29.9 Å². The predicted octanol–water partition coefficient (Wildman–Crippen LogP) is 8.78. The molecular formula is C84H118N22O22S6. The average molecular weight is 1980 g/mol. The zero-order valence-corrected chi connectivity index (χ0v) is 84.0. The zero-order chi connectivity index (χ0) is 101. The maximum absolute atomic E-state index is 13.1. The van der Waals surface area contributed by atoms with E-state index in [1.54, 1.807) is 46.2 Å². The number of anilines is 10. The zero-order valence-electron chi connectivity index (χ0n) is 79.1. The van der Waals surface area contributed by atoms with Crippen LogP contribution in [0.2, 0.25) is 0 Å². The highest BCUT2D eigenvalue weighted by molar-refractivity contribution is 7.87. The summed E-state index contributed by atoms with van der Waals surface area (Å²) in [5, 5.41) is 48.2. The van der Waals surface area contributed by atoms with Gasteiger partial charge in [-0.15, -0.1) is 10.2 Å². The minimum absolute atomic E-state index is 0.114. The van der Waals surface area contributed by atoms with E-state index in [-0.39, 0.29) is 98.4 Å². The van der Waals surface area contributed by atoms with Gasteiger partial charge >= 0.3 is 0 Å². The first kappa shape index (κ1) is 112. The second kappa shape index (κ2) is 45.0. The third-order valence-electron chi connectivity index (χ3n) is 15.3. The van der Waals surface area contributed by atoms with E-state index in [1.807, 2.05) is 0 Å². The lowest BCUT2D eigenvalue weighted by atomic mass is 10.1. The van der Waals surface area contributed by atoms with Gasteiger partial charge in [-0.3, -0.25) is 0 Å². The number of hydrogen-bond acceptors (Lipinski definition) is 38. The number of phenols is 2. The van der Waals surface area contributed by atoms with Gasteiger partial charge in [0.2, 0.25) is 35.7 Å². The first-order chi connectivity index (χ1) is 61.1. The molecule has 50 heteroatoms. The molecule has 0 aliphatic carbocycles. The van der Waals surface area contributed by atoms with E-state index in [2.05, 4.69) is 241 Å². The highest BCUT2D eigenvalue weighted by Crippen LogP contribution is 2.48. The number of aromatic hydroxyl groups is 2. The summed E-state index contributed by atoms with van der Waals surface area (Å²) < 4.78 is 247. The molecule has 2 aliphatic rings. The Morgan fingerprint density at radius 1 is 0.328 bits per heavy atom. The van der Waals surface area contributed by atoms with Crippen LogP contribution in [0.25, 0.3) is 33.7 Å². The Kier molecular flexibility index (Phi) is 37.4. The fourth-order valence-electron chi connectivity index (χ4n) is 10.6. The summed E-state index contributed by atoms with van der Waals surface area (Å²) in [6.07, 6.45) is 1.99. The van der Waals surface area contributed by atoms with E-state index in [0.29, 0.717) is 24.3 Å². The normalized spacial score (nSPS) is 13.9. The van der Waals surface area contributed by atoms with Gasteiger partial charge in [0.25, 0.3) is 0 Å². The van der Waals surface area contributed by atoms with E-state index >= 15 is 0 Å². The molecule has 44 nitrogen and oxygen atoms in total. The van der Waals surface area contributed by atoms with Gasteiger partial charge in [-0.1, -0.05) is 60.7 Å². The number of quaternary nitrogens is 6. The van der Waals surface area contributed by atoms with Crippen LogP contribution in [0.4, 0.5) is 81.2 Å².